The number of fused-ring (bicyclic) bond motifs is 1. The third-order valence-electron chi connectivity index (χ3n) is 6.73. The molecule has 2 fully saturated rings. The summed E-state index contributed by atoms with van der Waals surface area (Å²) in [5.41, 5.74) is 1.30. The van der Waals surface area contributed by atoms with Crippen LogP contribution in [0.15, 0.2) is 46.0 Å². The number of rotatable bonds is 6. The van der Waals surface area contributed by atoms with Gasteiger partial charge in [-0.2, -0.15) is 0 Å². The summed E-state index contributed by atoms with van der Waals surface area (Å²) in [6.07, 6.45) is 4.15. The molecule has 1 unspecified atom stereocenters. The number of piperazine rings is 1. The monoisotopic (exact) mass is 531 g/mol. The molecule has 1 amide bonds. The van der Waals surface area contributed by atoms with Crippen LogP contribution in [-0.4, -0.2) is 71.3 Å². The molecule has 3 aliphatic heterocycles. The van der Waals surface area contributed by atoms with E-state index >= 15 is 0 Å². The molecule has 8 nitrogen and oxygen atoms in total. The van der Waals surface area contributed by atoms with Gasteiger partial charge >= 0.3 is 5.97 Å². The Balaban J connectivity index is 1.54. The number of piperidine rings is 1. The Labute approximate surface area is 217 Å². The van der Waals surface area contributed by atoms with Gasteiger partial charge in [0.15, 0.2) is 10.8 Å². The van der Waals surface area contributed by atoms with Gasteiger partial charge in [-0.15, -0.1) is 11.3 Å². The number of hydrogen-bond acceptors (Lipinski definition) is 8. The Bertz CT molecular complexity index is 1220. The van der Waals surface area contributed by atoms with Gasteiger partial charge in [0.25, 0.3) is 0 Å². The predicted octanol–water partition coefficient (Wildman–Crippen LogP) is 3.54. The van der Waals surface area contributed by atoms with E-state index in [-0.39, 0.29) is 23.6 Å². The number of ether oxygens (including phenoxy) is 1. The van der Waals surface area contributed by atoms with Gasteiger partial charge in [0.1, 0.15) is 11.9 Å². The molecule has 1 aromatic heterocycles. The number of benzene rings is 1. The Morgan fingerprint density at radius 2 is 2.22 bits per heavy atom. The van der Waals surface area contributed by atoms with Gasteiger partial charge in [0.05, 0.1) is 17.2 Å². The highest BCUT2D eigenvalue weighted by Gasteiger charge is 2.37. The van der Waals surface area contributed by atoms with Crippen LogP contribution in [0.4, 0.5) is 4.39 Å². The molecule has 0 bridgehead atoms. The van der Waals surface area contributed by atoms with Gasteiger partial charge in [0, 0.05) is 61.5 Å². The van der Waals surface area contributed by atoms with E-state index in [1.165, 1.54) is 17.4 Å². The van der Waals surface area contributed by atoms with Crippen LogP contribution in [0.5, 0.6) is 0 Å². The summed E-state index contributed by atoms with van der Waals surface area (Å²) in [7, 11) is 0. The average molecular weight is 532 g/mol. The van der Waals surface area contributed by atoms with Crippen molar-refractivity contribution in [3.63, 3.8) is 0 Å². The third kappa shape index (κ3) is 4.89. The van der Waals surface area contributed by atoms with Gasteiger partial charge < -0.3 is 15.0 Å². The van der Waals surface area contributed by atoms with Gasteiger partial charge in [-0.25, -0.2) is 14.2 Å². The summed E-state index contributed by atoms with van der Waals surface area (Å²) < 4.78 is 19.9. The second kappa shape index (κ2) is 10.7. The van der Waals surface area contributed by atoms with Gasteiger partial charge in [-0.05, 0) is 25.8 Å². The SMILES string of the molecule is CCOC(=O)C1=C(CN2CCN3C(=O)CCCC3C2)NC(c2nccs2)=N[C@H]1c1cccc(F)c1Cl. The lowest BCUT2D eigenvalue weighted by Gasteiger charge is -2.44. The molecular weight excluding hydrogens is 505 g/mol. The molecule has 4 heterocycles. The lowest BCUT2D eigenvalue weighted by Crippen LogP contribution is -2.57. The molecule has 0 saturated carbocycles. The minimum atomic E-state index is -0.861. The average Bonchev–Trinajstić information content (AvgIpc) is 3.41. The van der Waals surface area contributed by atoms with Gasteiger partial charge in [-0.1, -0.05) is 23.7 Å². The van der Waals surface area contributed by atoms with Crippen LogP contribution in [0, 0.1) is 5.82 Å². The largest absolute Gasteiger partial charge is 0.463 e. The summed E-state index contributed by atoms with van der Waals surface area (Å²) in [6, 6.07) is 3.81. The van der Waals surface area contributed by atoms with E-state index in [4.69, 9.17) is 21.3 Å². The summed E-state index contributed by atoms with van der Waals surface area (Å²) in [5, 5.41) is 5.73. The van der Waals surface area contributed by atoms with Crippen molar-refractivity contribution in [1.29, 1.82) is 0 Å². The molecule has 2 aromatic rings. The van der Waals surface area contributed by atoms with Crippen LogP contribution in [-0.2, 0) is 14.3 Å². The molecule has 2 atom stereocenters. The molecular formula is C25H27ClFN5O3S. The number of nitrogens with one attached hydrogen (secondary N) is 1. The van der Waals surface area contributed by atoms with Crippen LogP contribution >= 0.6 is 22.9 Å². The second-order valence-corrected chi connectivity index (χ2v) is 10.2. The van der Waals surface area contributed by atoms with Crippen molar-refractivity contribution in [2.24, 2.45) is 4.99 Å². The number of esters is 1. The summed E-state index contributed by atoms with van der Waals surface area (Å²) in [4.78, 5) is 39.0. The van der Waals surface area contributed by atoms with E-state index in [0.717, 1.165) is 12.8 Å². The summed E-state index contributed by atoms with van der Waals surface area (Å²) >= 11 is 7.78. The third-order valence-corrected chi connectivity index (χ3v) is 7.91. The number of aromatic nitrogens is 1. The highest BCUT2D eigenvalue weighted by atomic mass is 35.5. The summed E-state index contributed by atoms with van der Waals surface area (Å²) in [6.45, 7) is 4.38. The predicted molar refractivity (Wildman–Crippen MR) is 135 cm³/mol. The normalized spacial score (nSPS) is 22.7. The van der Waals surface area contributed by atoms with Crippen LogP contribution in [0.2, 0.25) is 5.02 Å². The standard InChI is InChI=1S/C25H27ClFN5O3S/c1-2-35-25(34)20-18(14-31-10-11-32-15(13-31)5-3-8-19(32)33)29-23(24-28-9-12-36-24)30-22(20)16-6-4-7-17(27)21(16)26/h4,6-7,9,12,15,22H,2-3,5,8,10-11,13-14H2,1H3,(H,29,30)/t15?,22-/m0/s1. The minimum Gasteiger partial charge on any atom is -0.463 e. The molecule has 11 heteroatoms. The zero-order chi connectivity index (χ0) is 25.2. The molecule has 1 aromatic carbocycles. The highest BCUT2D eigenvalue weighted by molar-refractivity contribution is 7.11. The molecule has 2 saturated heterocycles. The number of nitrogens with zero attached hydrogens (tertiary/aromatic N) is 4. The Morgan fingerprint density at radius 3 is 3.00 bits per heavy atom. The van der Waals surface area contributed by atoms with E-state index < -0.39 is 17.8 Å². The molecule has 0 aliphatic carbocycles. The number of carbonyl (C=O) groups is 2. The van der Waals surface area contributed by atoms with Gasteiger partial charge in [-0.3, -0.25) is 14.7 Å². The van der Waals surface area contributed by atoms with Crippen LogP contribution in [0.3, 0.4) is 0 Å². The first-order valence-electron chi connectivity index (χ1n) is 12.1. The molecule has 3 aliphatic rings. The maximum Gasteiger partial charge on any atom is 0.338 e. The van der Waals surface area contributed by atoms with E-state index in [1.807, 2.05) is 10.3 Å². The Hall–Kier alpha value is -2.82. The topological polar surface area (TPSA) is 87.1 Å². The number of amidine groups is 1. The second-order valence-electron chi connectivity index (χ2n) is 8.97. The lowest BCUT2D eigenvalue weighted by atomic mass is 9.94. The number of amides is 1. The van der Waals surface area contributed by atoms with Crippen molar-refractivity contribution in [1.82, 2.24) is 20.1 Å². The number of halogens is 2. The van der Waals surface area contributed by atoms with E-state index in [1.54, 1.807) is 25.3 Å². The smallest absolute Gasteiger partial charge is 0.338 e. The number of aliphatic imine (C=N–C) groups is 1. The lowest BCUT2D eigenvalue weighted by molar-refractivity contribution is -0.139. The van der Waals surface area contributed by atoms with E-state index in [0.29, 0.717) is 60.3 Å². The highest BCUT2D eigenvalue weighted by Crippen LogP contribution is 2.37. The summed E-state index contributed by atoms with van der Waals surface area (Å²) in [5.74, 6) is -0.405. The van der Waals surface area contributed by atoms with Crippen molar-refractivity contribution in [3.8, 4) is 0 Å². The van der Waals surface area contributed by atoms with Gasteiger partial charge in [0.2, 0.25) is 5.91 Å². The number of thiazole rings is 1. The first kappa shape index (κ1) is 24.9. The molecule has 190 valence electrons. The Morgan fingerprint density at radius 1 is 1.36 bits per heavy atom. The molecule has 0 spiro atoms. The van der Waals surface area contributed by atoms with E-state index in [9.17, 15) is 14.0 Å². The van der Waals surface area contributed by atoms with Crippen molar-refractivity contribution < 1.29 is 18.7 Å². The maximum absolute atomic E-state index is 14.5. The molecule has 1 N–H and O–H groups in total. The zero-order valence-electron chi connectivity index (χ0n) is 19.9. The molecule has 36 heavy (non-hydrogen) atoms. The Kier molecular flexibility index (Phi) is 7.36. The maximum atomic E-state index is 14.5. The van der Waals surface area contributed by atoms with Crippen LogP contribution < -0.4 is 5.32 Å². The van der Waals surface area contributed by atoms with Crippen molar-refractivity contribution in [2.45, 2.75) is 38.3 Å². The first-order valence-corrected chi connectivity index (χ1v) is 13.3. The fraction of sp³-hybridized carbons (Fsp3) is 0.440. The fourth-order valence-electron chi connectivity index (χ4n) is 5.07. The zero-order valence-corrected chi connectivity index (χ0v) is 21.4. The van der Waals surface area contributed by atoms with Crippen LogP contribution in [0.25, 0.3) is 0 Å². The fourth-order valence-corrected chi connectivity index (χ4v) is 5.89. The van der Waals surface area contributed by atoms with Crippen molar-refractivity contribution in [3.05, 3.63) is 62.5 Å². The quantitative estimate of drug-likeness (QED) is 0.574. The van der Waals surface area contributed by atoms with E-state index in [2.05, 4.69) is 15.2 Å². The van der Waals surface area contributed by atoms with Crippen molar-refractivity contribution in [2.75, 3.05) is 32.8 Å². The first-order chi connectivity index (χ1) is 17.5. The molecule has 5 rings (SSSR count). The number of hydrogen-bond donors (Lipinski definition) is 1. The minimum absolute atomic E-state index is 0.0814. The molecule has 0 radical (unpaired) electrons. The van der Waals surface area contributed by atoms with Crippen molar-refractivity contribution >= 4 is 40.6 Å². The van der Waals surface area contributed by atoms with Crippen LogP contribution in [0.1, 0.15) is 42.8 Å². The number of carbonyl (C=O) groups excluding carboxylic acids is 2.